The molecule has 1 aromatic heterocycles. The third kappa shape index (κ3) is 5.42. The smallest absolute Gasteiger partial charge is 0.233 e. The van der Waals surface area contributed by atoms with Gasteiger partial charge in [0, 0.05) is 6.04 Å². The lowest BCUT2D eigenvalue weighted by Crippen LogP contribution is -2.33. The summed E-state index contributed by atoms with van der Waals surface area (Å²) in [5, 5.41) is 12.5. The Morgan fingerprint density at radius 3 is 2.62 bits per heavy atom. The molecule has 1 N–H and O–H groups in total. The van der Waals surface area contributed by atoms with Crippen LogP contribution in [-0.2, 0) is 11.4 Å². The quantitative estimate of drug-likeness (QED) is 0.424. The molecule has 2 aromatic carbocycles. The topological polar surface area (TPSA) is 69.0 Å². The molecule has 32 heavy (non-hydrogen) atoms. The van der Waals surface area contributed by atoms with E-state index in [2.05, 4.69) is 20.1 Å². The molecule has 9 heteroatoms. The van der Waals surface area contributed by atoms with Crippen molar-refractivity contribution in [1.29, 1.82) is 0 Å². The second-order valence-electron chi connectivity index (χ2n) is 7.76. The fraction of sp³-hybridized carbons (Fsp3) is 0.348. The molecule has 0 aliphatic heterocycles. The summed E-state index contributed by atoms with van der Waals surface area (Å²) in [6.07, 6.45) is 2.10. The maximum Gasteiger partial charge on any atom is 0.233 e. The number of hydrogen-bond donors (Lipinski definition) is 1. The molecule has 1 aliphatic rings. The Bertz CT molecular complexity index is 1090. The maximum absolute atomic E-state index is 13.1. The van der Waals surface area contributed by atoms with Crippen molar-refractivity contribution >= 4 is 29.3 Å². The number of ether oxygens (including phenoxy) is 1. The van der Waals surface area contributed by atoms with E-state index in [1.807, 2.05) is 32.0 Å². The van der Waals surface area contributed by atoms with Gasteiger partial charge in [0.05, 0.1) is 16.3 Å². The van der Waals surface area contributed by atoms with Gasteiger partial charge < -0.3 is 10.1 Å². The Labute approximate surface area is 195 Å². The van der Waals surface area contributed by atoms with Crippen LogP contribution in [-0.4, -0.2) is 25.9 Å². The lowest BCUT2D eigenvalue weighted by molar-refractivity contribution is -0.120. The summed E-state index contributed by atoms with van der Waals surface area (Å²) in [4.78, 5) is 12.7. The number of thioether (sulfide) groups is 1. The third-order valence-corrected chi connectivity index (χ3v) is 6.59. The van der Waals surface area contributed by atoms with Crippen molar-refractivity contribution in [3.05, 3.63) is 70.8 Å². The Morgan fingerprint density at radius 2 is 1.94 bits per heavy atom. The zero-order valence-electron chi connectivity index (χ0n) is 17.8. The molecule has 2 atom stereocenters. The van der Waals surface area contributed by atoms with E-state index >= 15 is 0 Å². The van der Waals surface area contributed by atoms with Gasteiger partial charge in [-0.3, -0.25) is 9.36 Å². The number of halogens is 2. The van der Waals surface area contributed by atoms with Crippen LogP contribution in [0.4, 0.5) is 4.39 Å². The predicted octanol–water partition coefficient (Wildman–Crippen LogP) is 5.34. The van der Waals surface area contributed by atoms with Crippen molar-refractivity contribution in [1.82, 2.24) is 20.1 Å². The molecular weight excluding hydrogens is 451 g/mol. The normalized spacial score (nSPS) is 15.2. The van der Waals surface area contributed by atoms with E-state index in [9.17, 15) is 9.18 Å². The zero-order chi connectivity index (χ0) is 22.7. The fourth-order valence-electron chi connectivity index (χ4n) is 3.27. The molecular formula is C23H24ClFN4O2S. The number of para-hydroxylation sites is 1. The second-order valence-corrected chi connectivity index (χ2v) is 9.48. The van der Waals surface area contributed by atoms with Crippen molar-refractivity contribution in [2.45, 2.75) is 55.8 Å². The van der Waals surface area contributed by atoms with Gasteiger partial charge in [0.1, 0.15) is 18.2 Å². The lowest BCUT2D eigenvalue weighted by Gasteiger charge is -2.18. The molecule has 0 bridgehead atoms. The predicted molar refractivity (Wildman–Crippen MR) is 122 cm³/mol. The van der Waals surface area contributed by atoms with Crippen LogP contribution in [0, 0.1) is 5.82 Å². The van der Waals surface area contributed by atoms with Gasteiger partial charge in [-0.1, -0.05) is 47.6 Å². The lowest BCUT2D eigenvalue weighted by atomic mass is 10.1. The van der Waals surface area contributed by atoms with Crippen LogP contribution < -0.4 is 10.1 Å². The van der Waals surface area contributed by atoms with Gasteiger partial charge in [0.25, 0.3) is 0 Å². The van der Waals surface area contributed by atoms with Gasteiger partial charge >= 0.3 is 0 Å². The van der Waals surface area contributed by atoms with Gasteiger partial charge in [-0.15, -0.1) is 10.2 Å². The summed E-state index contributed by atoms with van der Waals surface area (Å²) >= 11 is 7.54. The molecule has 1 fully saturated rings. The number of hydrogen-bond acceptors (Lipinski definition) is 5. The van der Waals surface area contributed by atoms with Crippen molar-refractivity contribution < 1.29 is 13.9 Å². The van der Waals surface area contributed by atoms with Crippen LogP contribution >= 0.6 is 23.4 Å². The largest absolute Gasteiger partial charge is 0.484 e. The molecule has 1 saturated carbocycles. The van der Waals surface area contributed by atoms with E-state index in [1.54, 1.807) is 18.2 Å². The van der Waals surface area contributed by atoms with Crippen LogP contribution in [0.3, 0.4) is 0 Å². The number of benzene rings is 2. The molecule has 1 amide bonds. The Hall–Kier alpha value is -2.58. The molecule has 3 aromatic rings. The van der Waals surface area contributed by atoms with Crippen LogP contribution in [0.15, 0.2) is 53.7 Å². The van der Waals surface area contributed by atoms with Gasteiger partial charge in [0.15, 0.2) is 11.0 Å². The number of amides is 1. The first-order chi connectivity index (χ1) is 15.4. The highest BCUT2D eigenvalue weighted by molar-refractivity contribution is 8.00. The number of carbonyl (C=O) groups is 1. The summed E-state index contributed by atoms with van der Waals surface area (Å²) in [6, 6.07) is 13.5. The van der Waals surface area contributed by atoms with Crippen LogP contribution in [0.1, 0.15) is 50.2 Å². The first kappa shape index (κ1) is 22.6. The molecule has 0 radical (unpaired) electrons. The van der Waals surface area contributed by atoms with Gasteiger partial charge in [-0.2, -0.15) is 0 Å². The highest BCUT2D eigenvalue weighted by atomic mass is 35.5. The summed E-state index contributed by atoms with van der Waals surface area (Å²) in [6.45, 7) is 3.96. The number of aromatic nitrogens is 3. The molecule has 1 heterocycles. The molecule has 4 rings (SSSR count). The maximum atomic E-state index is 13.1. The Morgan fingerprint density at radius 1 is 1.22 bits per heavy atom. The van der Waals surface area contributed by atoms with E-state index in [0.717, 1.165) is 18.4 Å². The van der Waals surface area contributed by atoms with Crippen LogP contribution in [0.2, 0.25) is 5.02 Å². The first-order valence-electron chi connectivity index (χ1n) is 10.5. The minimum Gasteiger partial charge on any atom is -0.484 e. The van der Waals surface area contributed by atoms with Crippen molar-refractivity contribution in [3.63, 3.8) is 0 Å². The molecule has 0 spiro atoms. The summed E-state index contributed by atoms with van der Waals surface area (Å²) in [5.41, 5.74) is 0.845. The third-order valence-electron chi connectivity index (χ3n) is 5.22. The monoisotopic (exact) mass is 474 g/mol. The van der Waals surface area contributed by atoms with Crippen molar-refractivity contribution in [3.8, 4) is 5.75 Å². The standard InChI is InChI=1S/C23H24ClFN4O2S/c1-14(16-7-9-17(25)10-8-16)26-22(30)15(2)32-23-28-27-21(29(23)18-11-12-18)13-31-20-6-4-3-5-19(20)24/h3-10,14-15,18H,11-13H2,1-2H3,(H,26,30). The van der Waals surface area contributed by atoms with Gasteiger partial charge in [-0.05, 0) is 56.5 Å². The average molecular weight is 475 g/mol. The van der Waals surface area contributed by atoms with E-state index in [4.69, 9.17) is 16.3 Å². The van der Waals surface area contributed by atoms with Crippen LogP contribution in [0.5, 0.6) is 5.75 Å². The molecule has 2 unspecified atom stereocenters. The fourth-order valence-corrected chi connectivity index (χ4v) is 4.40. The average Bonchev–Trinajstić information content (AvgIpc) is 3.54. The first-order valence-corrected chi connectivity index (χ1v) is 11.7. The summed E-state index contributed by atoms with van der Waals surface area (Å²) in [5.74, 6) is 0.884. The molecule has 168 valence electrons. The highest BCUT2D eigenvalue weighted by Crippen LogP contribution is 2.40. The zero-order valence-corrected chi connectivity index (χ0v) is 19.4. The number of rotatable bonds is 9. The molecule has 0 saturated heterocycles. The van der Waals surface area contributed by atoms with E-state index in [1.165, 1.54) is 23.9 Å². The minimum atomic E-state index is -0.378. The van der Waals surface area contributed by atoms with E-state index in [-0.39, 0.29) is 29.6 Å². The Balaban J connectivity index is 1.40. The van der Waals surface area contributed by atoms with E-state index < -0.39 is 0 Å². The summed E-state index contributed by atoms with van der Waals surface area (Å²) < 4.78 is 21.1. The summed E-state index contributed by atoms with van der Waals surface area (Å²) in [7, 11) is 0. The highest BCUT2D eigenvalue weighted by Gasteiger charge is 2.31. The minimum absolute atomic E-state index is 0.119. The SMILES string of the molecule is CC(Sc1nnc(COc2ccccc2Cl)n1C1CC1)C(=O)NC(C)c1ccc(F)cc1. The molecule has 6 nitrogen and oxygen atoms in total. The number of nitrogens with zero attached hydrogens (tertiary/aromatic N) is 3. The number of carbonyl (C=O) groups excluding carboxylic acids is 1. The molecule has 1 aliphatic carbocycles. The number of nitrogens with one attached hydrogen (secondary N) is 1. The van der Waals surface area contributed by atoms with E-state index in [0.29, 0.717) is 27.8 Å². The van der Waals surface area contributed by atoms with Crippen molar-refractivity contribution in [2.75, 3.05) is 0 Å². The Kier molecular flexibility index (Phi) is 7.01. The van der Waals surface area contributed by atoms with Crippen LogP contribution in [0.25, 0.3) is 0 Å². The van der Waals surface area contributed by atoms with Crippen molar-refractivity contribution in [2.24, 2.45) is 0 Å². The second kappa shape index (κ2) is 9.92. The van der Waals surface area contributed by atoms with Gasteiger partial charge in [-0.25, -0.2) is 4.39 Å². The van der Waals surface area contributed by atoms with Gasteiger partial charge in [0.2, 0.25) is 5.91 Å².